The van der Waals surface area contributed by atoms with Gasteiger partial charge in [0.2, 0.25) is 11.8 Å². The normalized spacial score (nSPS) is 17.1. The van der Waals surface area contributed by atoms with Crippen molar-refractivity contribution >= 4 is 29.1 Å². The van der Waals surface area contributed by atoms with E-state index in [9.17, 15) is 14.4 Å². The second-order valence-corrected chi connectivity index (χ2v) is 9.53. The first-order valence-corrected chi connectivity index (χ1v) is 11.8. The minimum absolute atomic E-state index is 0.166. The number of nitrogens with zero attached hydrogens (tertiary/aromatic N) is 1. The van der Waals surface area contributed by atoms with E-state index < -0.39 is 17.9 Å². The maximum absolute atomic E-state index is 14.0. The molecule has 176 valence electrons. The Kier molecular flexibility index (Phi) is 7.57. The molecular formula is C27H35N3O3. The predicted molar refractivity (Wildman–Crippen MR) is 133 cm³/mol. The standard InChI is InChI=1S/C27H35N3O3/c1-6-17(4)15-22(29-24(31)14-16(2)3)27(33)30-23-13-9-12-21(28)25(23)20-11-8-7-10-19(20)18(5)26(30)32/h7-13,16-18,22H,6,14-15,28H2,1-5H3,(H,29,31)/t17?,18?,22-/m0/s1. The van der Waals surface area contributed by atoms with Crippen LogP contribution in [0.1, 0.15) is 65.4 Å². The number of nitrogen functional groups attached to an aromatic ring is 1. The molecule has 2 unspecified atom stereocenters. The number of carbonyl (C=O) groups is 3. The first kappa shape index (κ1) is 24.5. The molecule has 3 rings (SSSR count). The summed E-state index contributed by atoms with van der Waals surface area (Å²) >= 11 is 0. The average molecular weight is 450 g/mol. The third-order valence-electron chi connectivity index (χ3n) is 6.39. The van der Waals surface area contributed by atoms with Crippen LogP contribution in [0.15, 0.2) is 42.5 Å². The molecule has 0 saturated carbocycles. The first-order valence-electron chi connectivity index (χ1n) is 11.8. The first-order chi connectivity index (χ1) is 15.6. The summed E-state index contributed by atoms with van der Waals surface area (Å²) in [5.74, 6) is -1.08. The lowest BCUT2D eigenvalue weighted by atomic mass is 9.92. The van der Waals surface area contributed by atoms with Gasteiger partial charge >= 0.3 is 0 Å². The van der Waals surface area contributed by atoms with E-state index >= 15 is 0 Å². The van der Waals surface area contributed by atoms with Crippen LogP contribution in [0.3, 0.4) is 0 Å². The van der Waals surface area contributed by atoms with Gasteiger partial charge in [0.05, 0.1) is 11.6 Å². The fourth-order valence-corrected chi connectivity index (χ4v) is 4.38. The van der Waals surface area contributed by atoms with E-state index in [0.717, 1.165) is 17.5 Å². The maximum atomic E-state index is 14.0. The molecule has 0 bridgehead atoms. The van der Waals surface area contributed by atoms with Gasteiger partial charge in [0.25, 0.3) is 5.91 Å². The van der Waals surface area contributed by atoms with Crippen molar-refractivity contribution in [3.8, 4) is 11.1 Å². The number of nitrogens with one attached hydrogen (secondary N) is 1. The van der Waals surface area contributed by atoms with Crippen LogP contribution in [-0.4, -0.2) is 23.8 Å². The number of rotatable bonds is 7. The van der Waals surface area contributed by atoms with E-state index in [0.29, 0.717) is 29.8 Å². The molecule has 1 heterocycles. The van der Waals surface area contributed by atoms with Gasteiger partial charge in [-0.15, -0.1) is 0 Å². The van der Waals surface area contributed by atoms with E-state index in [-0.39, 0.29) is 23.7 Å². The maximum Gasteiger partial charge on any atom is 0.256 e. The van der Waals surface area contributed by atoms with Gasteiger partial charge in [-0.1, -0.05) is 64.4 Å². The number of fused-ring (bicyclic) bond motifs is 3. The van der Waals surface area contributed by atoms with Crippen LogP contribution in [0.4, 0.5) is 11.4 Å². The molecule has 2 aromatic carbocycles. The van der Waals surface area contributed by atoms with Crippen LogP contribution in [0, 0.1) is 11.8 Å². The Morgan fingerprint density at radius 1 is 1.09 bits per heavy atom. The highest BCUT2D eigenvalue weighted by Crippen LogP contribution is 2.44. The number of anilines is 2. The molecule has 3 N–H and O–H groups in total. The van der Waals surface area contributed by atoms with Crippen LogP contribution in [0.5, 0.6) is 0 Å². The van der Waals surface area contributed by atoms with Crippen molar-refractivity contribution in [2.75, 3.05) is 10.6 Å². The molecule has 0 spiro atoms. The fourth-order valence-electron chi connectivity index (χ4n) is 4.38. The van der Waals surface area contributed by atoms with Gasteiger partial charge in [-0.25, -0.2) is 4.90 Å². The molecule has 2 aromatic rings. The van der Waals surface area contributed by atoms with Gasteiger partial charge in [-0.2, -0.15) is 0 Å². The van der Waals surface area contributed by atoms with Crippen LogP contribution in [-0.2, 0) is 14.4 Å². The number of carbonyl (C=O) groups excluding carboxylic acids is 3. The number of amides is 3. The van der Waals surface area contributed by atoms with Crippen molar-refractivity contribution in [1.82, 2.24) is 5.32 Å². The molecule has 6 nitrogen and oxygen atoms in total. The molecule has 0 aromatic heterocycles. The summed E-state index contributed by atoms with van der Waals surface area (Å²) in [6.07, 6.45) is 1.65. The zero-order chi connectivity index (χ0) is 24.3. The van der Waals surface area contributed by atoms with Crippen molar-refractivity contribution in [2.45, 2.75) is 65.8 Å². The molecule has 6 heteroatoms. The van der Waals surface area contributed by atoms with Gasteiger partial charge in [-0.3, -0.25) is 14.4 Å². The lowest BCUT2D eigenvalue weighted by Crippen LogP contribution is -2.52. The van der Waals surface area contributed by atoms with Crippen LogP contribution in [0.25, 0.3) is 11.1 Å². The molecule has 3 atom stereocenters. The highest BCUT2D eigenvalue weighted by molar-refractivity contribution is 6.22. The van der Waals surface area contributed by atoms with Crippen molar-refractivity contribution in [1.29, 1.82) is 0 Å². The molecule has 1 aliphatic rings. The van der Waals surface area contributed by atoms with Crippen LogP contribution >= 0.6 is 0 Å². The molecule has 33 heavy (non-hydrogen) atoms. The van der Waals surface area contributed by atoms with E-state index in [1.165, 1.54) is 4.90 Å². The molecular weight excluding hydrogens is 414 g/mol. The largest absolute Gasteiger partial charge is 0.398 e. The molecule has 0 radical (unpaired) electrons. The van der Waals surface area contributed by atoms with Gasteiger partial charge in [-0.05, 0) is 48.4 Å². The van der Waals surface area contributed by atoms with E-state index in [4.69, 9.17) is 5.73 Å². The summed E-state index contributed by atoms with van der Waals surface area (Å²) in [5, 5.41) is 2.92. The van der Waals surface area contributed by atoms with Crippen molar-refractivity contribution in [3.05, 3.63) is 48.0 Å². The summed E-state index contributed by atoms with van der Waals surface area (Å²) < 4.78 is 0. The van der Waals surface area contributed by atoms with Gasteiger partial charge < -0.3 is 11.1 Å². The Labute approximate surface area is 196 Å². The van der Waals surface area contributed by atoms with Gasteiger partial charge in [0, 0.05) is 17.7 Å². The Hall–Kier alpha value is -3.15. The number of benzene rings is 2. The Morgan fingerprint density at radius 2 is 1.79 bits per heavy atom. The average Bonchev–Trinajstić information content (AvgIpc) is 2.86. The van der Waals surface area contributed by atoms with E-state index in [1.807, 2.05) is 58.9 Å². The number of hydrogen-bond acceptors (Lipinski definition) is 4. The SMILES string of the molecule is CCC(C)C[C@H](NC(=O)CC(C)C)C(=O)N1C(=O)C(C)c2ccccc2-c2c(N)cccc21. The van der Waals surface area contributed by atoms with Crippen molar-refractivity contribution in [3.63, 3.8) is 0 Å². The minimum Gasteiger partial charge on any atom is -0.398 e. The third kappa shape index (κ3) is 5.10. The van der Waals surface area contributed by atoms with Gasteiger partial charge in [0.15, 0.2) is 0 Å². The Morgan fingerprint density at radius 3 is 2.45 bits per heavy atom. The molecule has 3 amide bonds. The summed E-state index contributed by atoms with van der Waals surface area (Å²) in [4.78, 5) is 41.5. The number of imide groups is 1. The Bertz CT molecular complexity index is 1050. The lowest BCUT2D eigenvalue weighted by Gasteiger charge is -2.29. The number of hydrogen-bond donors (Lipinski definition) is 2. The molecule has 0 saturated heterocycles. The lowest BCUT2D eigenvalue weighted by molar-refractivity contribution is -0.132. The van der Waals surface area contributed by atoms with E-state index in [2.05, 4.69) is 5.32 Å². The zero-order valence-electron chi connectivity index (χ0n) is 20.2. The van der Waals surface area contributed by atoms with Gasteiger partial charge in [0.1, 0.15) is 6.04 Å². The van der Waals surface area contributed by atoms with Crippen LogP contribution < -0.4 is 16.0 Å². The highest BCUT2D eigenvalue weighted by atomic mass is 16.2. The summed E-state index contributed by atoms with van der Waals surface area (Å²) in [6.45, 7) is 9.82. The minimum atomic E-state index is -0.794. The van der Waals surface area contributed by atoms with Crippen molar-refractivity contribution < 1.29 is 14.4 Å². The monoisotopic (exact) mass is 449 g/mol. The second-order valence-electron chi connectivity index (χ2n) is 9.53. The van der Waals surface area contributed by atoms with Crippen molar-refractivity contribution in [2.24, 2.45) is 11.8 Å². The Balaban J connectivity index is 2.10. The molecule has 0 aliphatic carbocycles. The number of nitrogens with two attached hydrogens (primary N) is 1. The molecule has 1 aliphatic heterocycles. The zero-order valence-corrected chi connectivity index (χ0v) is 20.2. The predicted octanol–water partition coefficient (Wildman–Crippen LogP) is 4.88. The third-order valence-corrected chi connectivity index (χ3v) is 6.39. The molecule has 0 fully saturated rings. The topological polar surface area (TPSA) is 92.5 Å². The van der Waals surface area contributed by atoms with E-state index in [1.54, 1.807) is 18.2 Å². The summed E-state index contributed by atoms with van der Waals surface area (Å²) in [6, 6.07) is 12.1. The quantitative estimate of drug-likeness (QED) is 0.589. The second kappa shape index (κ2) is 10.2. The summed E-state index contributed by atoms with van der Waals surface area (Å²) in [7, 11) is 0. The van der Waals surface area contributed by atoms with Crippen LogP contribution in [0.2, 0.25) is 0 Å². The summed E-state index contributed by atoms with van der Waals surface area (Å²) in [5.41, 5.74) is 9.70. The fraction of sp³-hybridized carbons (Fsp3) is 0.444. The smallest absolute Gasteiger partial charge is 0.256 e. The highest BCUT2D eigenvalue weighted by Gasteiger charge is 2.39.